The van der Waals surface area contributed by atoms with E-state index in [1.807, 2.05) is 0 Å². The van der Waals surface area contributed by atoms with Crippen molar-refractivity contribution in [1.29, 1.82) is 0 Å². The third-order valence-electron chi connectivity index (χ3n) is 3.27. The maximum absolute atomic E-state index is 3.55. The minimum atomic E-state index is 0.401. The number of aryl methyl sites for hydroxylation is 1. The zero-order chi connectivity index (χ0) is 8.18. The molecule has 2 aliphatic heterocycles. The normalized spacial score (nSPS) is 36.9. The van der Waals surface area contributed by atoms with Crippen molar-refractivity contribution in [1.82, 2.24) is 5.32 Å². The number of benzene rings is 1. The van der Waals surface area contributed by atoms with Crippen molar-refractivity contribution in [2.75, 3.05) is 0 Å². The zero-order valence-electron chi connectivity index (χ0n) is 7.30. The summed E-state index contributed by atoms with van der Waals surface area (Å²) in [6, 6.07) is 9.77. The highest BCUT2D eigenvalue weighted by atomic mass is 15.2. The molecule has 1 nitrogen and oxygen atoms in total. The third kappa shape index (κ3) is 0.674. The van der Waals surface area contributed by atoms with E-state index in [0.717, 1.165) is 6.04 Å². The zero-order valence-corrected chi connectivity index (χ0v) is 7.30. The van der Waals surface area contributed by atoms with Crippen molar-refractivity contribution in [2.45, 2.75) is 31.3 Å². The molecular weight excluding hydrogens is 146 g/mol. The lowest BCUT2D eigenvalue weighted by Gasteiger charge is -2.63. The highest BCUT2D eigenvalue weighted by Crippen LogP contribution is 2.51. The smallest absolute Gasteiger partial charge is 0.0466 e. The lowest BCUT2D eigenvalue weighted by molar-refractivity contribution is -0.0219. The lowest BCUT2D eigenvalue weighted by atomic mass is 9.59. The summed E-state index contributed by atoms with van der Waals surface area (Å²) < 4.78 is 0. The molecule has 0 unspecified atom stereocenters. The number of hydrogen-bond acceptors (Lipinski definition) is 1. The molecule has 4 rings (SSSR count). The molecule has 1 heteroatoms. The Morgan fingerprint density at radius 2 is 1.83 bits per heavy atom. The van der Waals surface area contributed by atoms with E-state index >= 15 is 0 Å². The van der Waals surface area contributed by atoms with Crippen LogP contribution < -0.4 is 5.32 Å². The van der Waals surface area contributed by atoms with Gasteiger partial charge in [0.1, 0.15) is 0 Å². The first-order chi connectivity index (χ1) is 5.78. The third-order valence-corrected chi connectivity index (χ3v) is 3.27. The average Bonchev–Trinajstić information content (AvgIpc) is 1.87. The van der Waals surface area contributed by atoms with Crippen LogP contribution in [0, 0.1) is 6.92 Å². The Hall–Kier alpha value is -0.820. The van der Waals surface area contributed by atoms with E-state index in [1.54, 1.807) is 0 Å². The van der Waals surface area contributed by atoms with E-state index in [0.29, 0.717) is 5.54 Å². The molecule has 12 heavy (non-hydrogen) atoms. The number of nitrogens with one attached hydrogen (secondary N) is 1. The summed E-state index contributed by atoms with van der Waals surface area (Å²) in [6.45, 7) is 2.14. The van der Waals surface area contributed by atoms with Crippen LogP contribution in [-0.4, -0.2) is 6.04 Å². The SMILES string of the molecule is Cc1ccc(C23CC(C2)N3)cc1. The van der Waals surface area contributed by atoms with Crippen LogP contribution >= 0.6 is 0 Å². The molecule has 1 aromatic carbocycles. The van der Waals surface area contributed by atoms with Gasteiger partial charge in [-0.3, -0.25) is 0 Å². The largest absolute Gasteiger partial charge is 0.304 e. The van der Waals surface area contributed by atoms with Gasteiger partial charge in [0.25, 0.3) is 0 Å². The summed E-state index contributed by atoms with van der Waals surface area (Å²) in [6.07, 6.45) is 2.71. The van der Waals surface area contributed by atoms with Gasteiger partial charge in [0.2, 0.25) is 0 Å². The van der Waals surface area contributed by atoms with Crippen LogP contribution in [0.2, 0.25) is 0 Å². The maximum atomic E-state index is 3.55. The van der Waals surface area contributed by atoms with Gasteiger partial charge in [0.05, 0.1) is 0 Å². The van der Waals surface area contributed by atoms with Gasteiger partial charge in [-0.2, -0.15) is 0 Å². The quantitative estimate of drug-likeness (QED) is 0.660. The second kappa shape index (κ2) is 1.91. The van der Waals surface area contributed by atoms with Crippen LogP contribution in [0.15, 0.2) is 24.3 Å². The highest BCUT2D eigenvalue weighted by Gasteiger charge is 2.56. The lowest BCUT2D eigenvalue weighted by Crippen LogP contribution is -2.74. The summed E-state index contributed by atoms with van der Waals surface area (Å²) in [7, 11) is 0. The molecule has 3 fully saturated rings. The molecule has 2 heterocycles. The first-order valence-corrected chi connectivity index (χ1v) is 4.63. The highest BCUT2D eigenvalue weighted by molar-refractivity contribution is 5.36. The minimum Gasteiger partial charge on any atom is -0.304 e. The Morgan fingerprint density at radius 3 is 2.25 bits per heavy atom. The van der Waals surface area contributed by atoms with Gasteiger partial charge < -0.3 is 5.32 Å². The average molecular weight is 159 g/mol. The Morgan fingerprint density at radius 1 is 1.25 bits per heavy atom. The van der Waals surface area contributed by atoms with Gasteiger partial charge in [-0.25, -0.2) is 0 Å². The second-order valence-electron chi connectivity index (χ2n) is 4.20. The van der Waals surface area contributed by atoms with Crippen molar-refractivity contribution in [3.8, 4) is 0 Å². The molecule has 2 saturated heterocycles. The fourth-order valence-electron chi connectivity index (χ4n) is 2.32. The molecule has 0 spiro atoms. The van der Waals surface area contributed by atoms with Crippen LogP contribution in [0.4, 0.5) is 0 Å². The van der Waals surface area contributed by atoms with Crippen LogP contribution in [0.25, 0.3) is 0 Å². The summed E-state index contributed by atoms with van der Waals surface area (Å²) >= 11 is 0. The molecule has 1 aromatic rings. The van der Waals surface area contributed by atoms with E-state index in [4.69, 9.17) is 0 Å². The molecule has 0 radical (unpaired) electrons. The molecule has 1 N–H and O–H groups in total. The van der Waals surface area contributed by atoms with Crippen LogP contribution in [0.5, 0.6) is 0 Å². The summed E-state index contributed by atoms with van der Waals surface area (Å²) in [5.74, 6) is 0. The molecule has 1 saturated carbocycles. The van der Waals surface area contributed by atoms with E-state index in [2.05, 4.69) is 36.5 Å². The van der Waals surface area contributed by atoms with Crippen molar-refractivity contribution in [3.63, 3.8) is 0 Å². The summed E-state index contributed by atoms with van der Waals surface area (Å²) in [4.78, 5) is 0. The molecule has 0 amide bonds. The Bertz CT molecular complexity index is 295. The second-order valence-corrected chi connectivity index (χ2v) is 4.20. The van der Waals surface area contributed by atoms with E-state index in [1.165, 1.54) is 24.0 Å². The fraction of sp³-hybridized carbons (Fsp3) is 0.455. The number of rotatable bonds is 1. The Labute approximate surface area is 72.8 Å². The van der Waals surface area contributed by atoms with E-state index < -0.39 is 0 Å². The monoisotopic (exact) mass is 159 g/mol. The maximum Gasteiger partial charge on any atom is 0.0466 e. The Kier molecular flexibility index (Phi) is 1.06. The first-order valence-electron chi connectivity index (χ1n) is 4.63. The van der Waals surface area contributed by atoms with Crippen molar-refractivity contribution in [2.24, 2.45) is 0 Å². The predicted molar refractivity (Wildman–Crippen MR) is 49.0 cm³/mol. The van der Waals surface area contributed by atoms with E-state index in [9.17, 15) is 0 Å². The first kappa shape index (κ1) is 6.67. The van der Waals surface area contributed by atoms with Crippen LogP contribution in [0.1, 0.15) is 24.0 Å². The van der Waals surface area contributed by atoms with Gasteiger partial charge in [-0.1, -0.05) is 29.8 Å². The standard InChI is InChI=1S/C11H13N/c1-8-2-4-9(5-3-8)11-6-10(7-11)12-11/h2-5,10,12H,6-7H2,1H3. The summed E-state index contributed by atoms with van der Waals surface area (Å²) in [5, 5.41) is 3.55. The fourth-order valence-corrected chi connectivity index (χ4v) is 2.32. The molecule has 3 aliphatic rings. The van der Waals surface area contributed by atoms with Gasteiger partial charge in [0, 0.05) is 11.6 Å². The predicted octanol–water partition coefficient (Wildman–Crippen LogP) is 1.96. The number of hydrogen-bond donors (Lipinski definition) is 1. The molecule has 0 aromatic heterocycles. The topological polar surface area (TPSA) is 12.0 Å². The van der Waals surface area contributed by atoms with Gasteiger partial charge >= 0.3 is 0 Å². The van der Waals surface area contributed by atoms with Crippen molar-refractivity contribution >= 4 is 0 Å². The Balaban J connectivity index is 1.96. The molecule has 62 valence electrons. The van der Waals surface area contributed by atoms with Gasteiger partial charge in [-0.05, 0) is 25.3 Å². The van der Waals surface area contributed by atoms with Crippen molar-refractivity contribution in [3.05, 3.63) is 35.4 Å². The molecule has 1 aliphatic carbocycles. The van der Waals surface area contributed by atoms with Crippen molar-refractivity contribution < 1.29 is 0 Å². The van der Waals surface area contributed by atoms with Crippen LogP contribution in [0.3, 0.4) is 0 Å². The minimum absolute atomic E-state index is 0.401. The summed E-state index contributed by atoms with van der Waals surface area (Å²) in [5.41, 5.74) is 3.24. The van der Waals surface area contributed by atoms with Gasteiger partial charge in [0.15, 0.2) is 0 Å². The molecule has 2 bridgehead atoms. The van der Waals surface area contributed by atoms with Crippen LogP contribution in [-0.2, 0) is 5.54 Å². The molecule has 0 atom stereocenters. The van der Waals surface area contributed by atoms with Gasteiger partial charge in [-0.15, -0.1) is 0 Å². The molecular formula is C11H13N. The van der Waals surface area contributed by atoms with E-state index in [-0.39, 0.29) is 0 Å².